The summed E-state index contributed by atoms with van der Waals surface area (Å²) < 4.78 is 5.31. The molecular formula is C18H16O2S. The topological polar surface area (TPSA) is 26.3 Å². The summed E-state index contributed by atoms with van der Waals surface area (Å²) in [4.78, 5) is 12.2. The van der Waals surface area contributed by atoms with E-state index < -0.39 is 0 Å². The van der Waals surface area contributed by atoms with Gasteiger partial charge in [-0.25, -0.2) is 4.79 Å². The Morgan fingerprint density at radius 1 is 1.00 bits per heavy atom. The molecule has 1 atom stereocenters. The molecule has 2 aromatic rings. The molecule has 0 spiro atoms. The van der Waals surface area contributed by atoms with Crippen molar-refractivity contribution in [2.75, 3.05) is 12.9 Å². The van der Waals surface area contributed by atoms with Gasteiger partial charge < -0.3 is 4.74 Å². The highest BCUT2D eigenvalue weighted by molar-refractivity contribution is 7.99. The van der Waals surface area contributed by atoms with Crippen LogP contribution in [-0.2, 0) is 9.53 Å². The lowest BCUT2D eigenvalue weighted by molar-refractivity contribution is -0.136. The van der Waals surface area contributed by atoms with Gasteiger partial charge in [-0.3, -0.25) is 0 Å². The van der Waals surface area contributed by atoms with Gasteiger partial charge in [0.05, 0.1) is 10.8 Å². The first-order valence-electron chi connectivity index (χ1n) is 6.84. The Balaban J connectivity index is 2.09. The zero-order valence-electron chi connectivity index (χ0n) is 11.8. The Labute approximate surface area is 128 Å². The van der Waals surface area contributed by atoms with Crippen LogP contribution in [0.5, 0.6) is 0 Å². The molecule has 1 heterocycles. The second-order valence-corrected chi connectivity index (χ2v) is 5.80. The molecule has 1 aliphatic rings. The molecule has 3 heteroatoms. The van der Waals surface area contributed by atoms with Crippen LogP contribution in [0.1, 0.15) is 16.4 Å². The van der Waals surface area contributed by atoms with Gasteiger partial charge >= 0.3 is 5.97 Å². The summed E-state index contributed by atoms with van der Waals surface area (Å²) >= 11 is 1.66. The van der Waals surface area contributed by atoms with Crippen LogP contribution in [0.4, 0.5) is 0 Å². The maximum Gasteiger partial charge on any atom is 0.336 e. The van der Waals surface area contributed by atoms with E-state index in [9.17, 15) is 4.79 Å². The number of rotatable bonds is 4. The fourth-order valence-electron chi connectivity index (χ4n) is 2.61. The first-order chi connectivity index (χ1) is 10.3. The predicted molar refractivity (Wildman–Crippen MR) is 87.0 cm³/mol. The van der Waals surface area contributed by atoms with Crippen LogP contribution in [-0.4, -0.2) is 18.8 Å². The van der Waals surface area contributed by atoms with Gasteiger partial charge in [0.2, 0.25) is 0 Å². The number of benzene rings is 2. The molecule has 21 heavy (non-hydrogen) atoms. The Bertz CT molecular complexity index is 662. The van der Waals surface area contributed by atoms with Crippen molar-refractivity contribution >= 4 is 23.3 Å². The third kappa shape index (κ3) is 2.74. The summed E-state index contributed by atoms with van der Waals surface area (Å²) in [5.41, 5.74) is 3.98. The molecule has 2 nitrogen and oxygen atoms in total. The second kappa shape index (κ2) is 6.19. The molecule has 0 aliphatic carbocycles. The molecule has 0 N–H and O–H groups in total. The average Bonchev–Trinajstić information content (AvgIpc) is 2.92. The number of carbonyl (C=O) groups is 1. The molecule has 0 aromatic heterocycles. The van der Waals surface area contributed by atoms with Crippen LogP contribution in [0.2, 0.25) is 0 Å². The van der Waals surface area contributed by atoms with Crippen molar-refractivity contribution in [3.63, 3.8) is 0 Å². The fraction of sp³-hybridized carbons (Fsp3) is 0.167. The highest BCUT2D eigenvalue weighted by Gasteiger charge is 2.32. The first-order valence-corrected chi connectivity index (χ1v) is 8.13. The van der Waals surface area contributed by atoms with E-state index in [1.54, 1.807) is 11.8 Å². The Morgan fingerprint density at radius 3 is 2.24 bits per heavy atom. The molecule has 0 fully saturated rings. The number of hydrogen-bond donors (Lipinski definition) is 0. The minimum absolute atomic E-state index is 0.0106. The van der Waals surface area contributed by atoms with Crippen molar-refractivity contribution < 1.29 is 9.53 Å². The molecule has 2 aromatic carbocycles. The minimum Gasteiger partial charge on any atom is -0.457 e. The molecule has 0 bridgehead atoms. The quantitative estimate of drug-likeness (QED) is 0.795. The molecule has 1 aliphatic heterocycles. The first kappa shape index (κ1) is 14.0. The standard InChI is InChI=1S/C18H16O2S/c1-21-17(14-10-6-3-7-11-14)16-15(12-20-18(16)19)13-8-4-2-5-9-13/h2-11,17H,12H2,1H3. The van der Waals surface area contributed by atoms with Gasteiger partial charge in [0.1, 0.15) is 6.61 Å². The molecule has 0 saturated heterocycles. The molecule has 0 amide bonds. The number of esters is 1. The fourth-order valence-corrected chi connectivity index (χ4v) is 3.51. The van der Waals surface area contributed by atoms with E-state index in [0.717, 1.165) is 22.3 Å². The Hall–Kier alpha value is -2.00. The highest BCUT2D eigenvalue weighted by Crippen LogP contribution is 2.41. The van der Waals surface area contributed by atoms with Crippen molar-refractivity contribution in [1.82, 2.24) is 0 Å². The maximum atomic E-state index is 12.2. The highest BCUT2D eigenvalue weighted by atomic mass is 32.2. The number of carbonyl (C=O) groups excluding carboxylic acids is 1. The van der Waals surface area contributed by atoms with Crippen LogP contribution in [0.25, 0.3) is 5.57 Å². The normalized spacial score (nSPS) is 16.0. The van der Waals surface area contributed by atoms with Gasteiger partial charge in [0.15, 0.2) is 0 Å². The average molecular weight is 296 g/mol. The smallest absolute Gasteiger partial charge is 0.336 e. The zero-order valence-corrected chi connectivity index (χ0v) is 12.6. The molecule has 1 unspecified atom stereocenters. The van der Waals surface area contributed by atoms with Crippen LogP contribution in [0.15, 0.2) is 66.2 Å². The van der Waals surface area contributed by atoms with Crippen LogP contribution >= 0.6 is 11.8 Å². The van der Waals surface area contributed by atoms with Crippen molar-refractivity contribution in [1.29, 1.82) is 0 Å². The van der Waals surface area contributed by atoms with Crippen LogP contribution in [0.3, 0.4) is 0 Å². The van der Waals surface area contributed by atoms with E-state index in [4.69, 9.17) is 4.74 Å². The van der Waals surface area contributed by atoms with Crippen molar-refractivity contribution in [3.8, 4) is 0 Å². The third-order valence-electron chi connectivity index (χ3n) is 3.62. The number of ether oxygens (including phenoxy) is 1. The van der Waals surface area contributed by atoms with Gasteiger partial charge in [-0.2, -0.15) is 11.8 Å². The monoisotopic (exact) mass is 296 g/mol. The maximum absolute atomic E-state index is 12.2. The van der Waals surface area contributed by atoms with Crippen LogP contribution < -0.4 is 0 Å². The van der Waals surface area contributed by atoms with Gasteiger partial charge in [-0.1, -0.05) is 60.7 Å². The molecule has 3 rings (SSSR count). The van der Waals surface area contributed by atoms with Crippen molar-refractivity contribution in [3.05, 3.63) is 77.4 Å². The number of thioether (sulfide) groups is 1. The summed E-state index contributed by atoms with van der Waals surface area (Å²) in [6.45, 7) is 0.363. The lowest BCUT2D eigenvalue weighted by atomic mass is 9.96. The van der Waals surface area contributed by atoms with Crippen LogP contribution in [0, 0.1) is 0 Å². The van der Waals surface area contributed by atoms with Crippen molar-refractivity contribution in [2.45, 2.75) is 5.25 Å². The third-order valence-corrected chi connectivity index (χ3v) is 4.59. The lowest BCUT2D eigenvalue weighted by Gasteiger charge is -2.16. The SMILES string of the molecule is CSC(C1=C(c2ccccc2)COC1=O)c1ccccc1. The molecule has 106 valence electrons. The van der Waals surface area contributed by atoms with E-state index >= 15 is 0 Å². The summed E-state index contributed by atoms with van der Waals surface area (Å²) in [7, 11) is 0. The predicted octanol–water partition coefficient (Wildman–Crippen LogP) is 4.10. The largest absolute Gasteiger partial charge is 0.457 e. The van der Waals surface area contributed by atoms with Gasteiger partial charge in [-0.05, 0) is 17.4 Å². The van der Waals surface area contributed by atoms with E-state index in [1.807, 2.05) is 54.8 Å². The summed E-state index contributed by atoms with van der Waals surface area (Å²) in [6, 6.07) is 20.1. The molecule has 0 radical (unpaired) electrons. The van der Waals surface area contributed by atoms with E-state index in [-0.39, 0.29) is 11.2 Å². The van der Waals surface area contributed by atoms with Gasteiger partial charge in [0.25, 0.3) is 0 Å². The Morgan fingerprint density at radius 2 is 1.62 bits per heavy atom. The van der Waals surface area contributed by atoms with E-state index in [2.05, 4.69) is 12.1 Å². The summed E-state index contributed by atoms with van der Waals surface area (Å²) in [5.74, 6) is -0.197. The van der Waals surface area contributed by atoms with Gasteiger partial charge in [0, 0.05) is 5.57 Å². The molecule has 0 saturated carbocycles. The molecular weight excluding hydrogens is 280 g/mol. The van der Waals surface area contributed by atoms with E-state index in [0.29, 0.717) is 6.61 Å². The zero-order chi connectivity index (χ0) is 14.7. The van der Waals surface area contributed by atoms with Gasteiger partial charge in [-0.15, -0.1) is 0 Å². The van der Waals surface area contributed by atoms with E-state index in [1.165, 1.54) is 0 Å². The number of cyclic esters (lactones) is 1. The minimum atomic E-state index is -0.197. The second-order valence-electron chi connectivity index (χ2n) is 4.86. The number of hydrogen-bond acceptors (Lipinski definition) is 3. The summed E-state index contributed by atoms with van der Waals surface area (Å²) in [6.07, 6.45) is 2.03. The lowest BCUT2D eigenvalue weighted by Crippen LogP contribution is -2.07. The van der Waals surface area contributed by atoms with Crippen molar-refractivity contribution in [2.24, 2.45) is 0 Å². The summed E-state index contributed by atoms with van der Waals surface area (Å²) in [5, 5.41) is 0.0106. The Kier molecular flexibility index (Phi) is 4.11.